The van der Waals surface area contributed by atoms with Gasteiger partial charge in [0.15, 0.2) is 34.8 Å². The van der Waals surface area contributed by atoms with E-state index >= 15 is 0 Å². The molecule has 0 heterocycles. The van der Waals surface area contributed by atoms with Crippen LogP contribution in [0.15, 0.2) is 17.2 Å². The molecule has 146 valence electrons. The van der Waals surface area contributed by atoms with Gasteiger partial charge in [0.05, 0.1) is 18.3 Å². The number of alkyl halides is 3. The van der Waals surface area contributed by atoms with E-state index in [0.717, 1.165) is 12.3 Å². The summed E-state index contributed by atoms with van der Waals surface area (Å²) in [5.41, 5.74) is -2.64. The van der Waals surface area contributed by atoms with Crippen molar-refractivity contribution >= 4 is 23.5 Å². The molecule has 0 bridgehead atoms. The van der Waals surface area contributed by atoms with E-state index in [1.54, 1.807) is 5.43 Å². The Balaban J connectivity index is 2.41. The number of nitrogens with one attached hydrogen (secondary N) is 1. The summed E-state index contributed by atoms with van der Waals surface area (Å²) in [6.07, 6.45) is -4.82. The van der Waals surface area contributed by atoms with Gasteiger partial charge < -0.3 is 9.84 Å². The molecule has 4 nitrogen and oxygen atoms in total. The van der Waals surface area contributed by atoms with Gasteiger partial charge in [-0.1, -0.05) is 11.6 Å². The summed E-state index contributed by atoms with van der Waals surface area (Å²) in [6.45, 7) is 0. The van der Waals surface area contributed by atoms with Gasteiger partial charge in [-0.15, -0.1) is 0 Å². The van der Waals surface area contributed by atoms with Crippen LogP contribution in [0, 0.1) is 23.3 Å². The lowest BCUT2D eigenvalue weighted by atomic mass is 10.1. The monoisotopic (exact) mass is 416 g/mol. The summed E-state index contributed by atoms with van der Waals surface area (Å²) in [5, 5.41) is 12.7. The highest BCUT2D eigenvalue weighted by molar-refractivity contribution is 6.33. The predicted octanol–water partition coefficient (Wildman–Crippen LogP) is 5.08. The van der Waals surface area contributed by atoms with Crippen molar-refractivity contribution in [3.8, 4) is 11.5 Å². The van der Waals surface area contributed by atoms with Gasteiger partial charge in [-0.3, -0.25) is 5.43 Å². The van der Waals surface area contributed by atoms with Crippen LogP contribution in [-0.4, -0.2) is 18.4 Å². The average Bonchev–Trinajstić information content (AvgIpc) is 2.56. The van der Waals surface area contributed by atoms with Crippen LogP contribution in [0.1, 0.15) is 11.1 Å². The molecule has 2 rings (SSSR count). The quantitative estimate of drug-likeness (QED) is 0.316. The summed E-state index contributed by atoms with van der Waals surface area (Å²) < 4.78 is 96.8. The summed E-state index contributed by atoms with van der Waals surface area (Å²) in [4.78, 5) is 0. The van der Waals surface area contributed by atoms with Gasteiger partial charge in [0, 0.05) is 11.6 Å². The zero-order valence-electron chi connectivity index (χ0n) is 13.1. The van der Waals surface area contributed by atoms with Gasteiger partial charge in [0.1, 0.15) is 11.3 Å². The molecule has 0 saturated carbocycles. The van der Waals surface area contributed by atoms with Gasteiger partial charge in [0.2, 0.25) is 0 Å². The minimum absolute atomic E-state index is 0.0372. The van der Waals surface area contributed by atoms with Gasteiger partial charge in [0.25, 0.3) is 0 Å². The topological polar surface area (TPSA) is 53.8 Å². The van der Waals surface area contributed by atoms with Gasteiger partial charge >= 0.3 is 6.18 Å². The number of anilines is 1. The van der Waals surface area contributed by atoms with E-state index in [1.807, 2.05) is 0 Å². The molecule has 0 amide bonds. The first-order valence-electron chi connectivity index (χ1n) is 6.77. The molecule has 0 aliphatic heterocycles. The Morgan fingerprint density at radius 3 is 2.11 bits per heavy atom. The zero-order chi connectivity index (χ0) is 20.5. The van der Waals surface area contributed by atoms with Crippen LogP contribution in [0.5, 0.6) is 11.5 Å². The average molecular weight is 417 g/mol. The smallest absolute Gasteiger partial charge is 0.422 e. The summed E-state index contributed by atoms with van der Waals surface area (Å²) >= 11 is 5.80. The van der Waals surface area contributed by atoms with Crippen LogP contribution < -0.4 is 10.2 Å². The maximum atomic E-state index is 13.7. The third-order valence-corrected chi connectivity index (χ3v) is 3.55. The fourth-order valence-electron chi connectivity index (χ4n) is 1.97. The van der Waals surface area contributed by atoms with E-state index in [2.05, 4.69) is 5.10 Å². The Bertz CT molecular complexity index is 887. The van der Waals surface area contributed by atoms with Crippen LogP contribution >= 0.6 is 11.6 Å². The number of benzene rings is 2. The largest absolute Gasteiger partial charge is 0.504 e. The number of rotatable bonds is 4. The lowest BCUT2D eigenvalue weighted by Gasteiger charge is -2.13. The second-order valence-corrected chi connectivity index (χ2v) is 5.33. The fraction of sp³-hybridized carbons (Fsp3) is 0.133. The van der Waals surface area contributed by atoms with Crippen LogP contribution in [0.2, 0.25) is 5.02 Å². The normalized spacial score (nSPS) is 11.9. The molecule has 0 fully saturated rings. The van der Waals surface area contributed by atoms with E-state index < -0.39 is 40.7 Å². The Labute approximate surface area is 151 Å². The Kier molecular flexibility index (Phi) is 5.73. The number of phenols is 1. The number of hydrogen-bond donors (Lipinski definition) is 2. The molecule has 0 radical (unpaired) electrons. The molecule has 12 heteroatoms. The van der Waals surface area contributed by atoms with Crippen molar-refractivity contribution in [2.24, 2.45) is 5.10 Å². The van der Waals surface area contributed by atoms with Crippen molar-refractivity contribution in [2.75, 3.05) is 12.5 Å². The molecule has 0 unspecified atom stereocenters. The lowest BCUT2D eigenvalue weighted by molar-refractivity contribution is -0.143. The number of aromatic hydroxyl groups is 1. The molecule has 0 aliphatic carbocycles. The Morgan fingerprint density at radius 1 is 1.07 bits per heavy atom. The van der Waals surface area contributed by atoms with E-state index in [4.69, 9.17) is 16.3 Å². The first-order chi connectivity index (χ1) is 12.5. The molecule has 0 aliphatic rings. The molecule has 2 aromatic rings. The fourth-order valence-corrected chi connectivity index (χ4v) is 2.17. The zero-order valence-corrected chi connectivity index (χ0v) is 13.8. The van der Waals surface area contributed by atoms with E-state index in [0.29, 0.717) is 0 Å². The summed E-state index contributed by atoms with van der Waals surface area (Å²) in [6, 6.07) is 2.23. The van der Waals surface area contributed by atoms with Crippen molar-refractivity contribution in [1.29, 1.82) is 0 Å². The third kappa shape index (κ3) is 4.02. The van der Waals surface area contributed by atoms with Crippen LogP contribution in [0.25, 0.3) is 0 Å². The highest BCUT2D eigenvalue weighted by atomic mass is 35.5. The number of phenolic OH excluding ortho intramolecular Hbond substituents is 1. The SMILES string of the molecule is COc1cc(C=NNc2c(F)c(F)c(C(F)(F)F)c(F)c2F)c(Cl)cc1O. The maximum Gasteiger partial charge on any atom is 0.422 e. The molecule has 2 N–H and O–H groups in total. The molecule has 27 heavy (non-hydrogen) atoms. The number of ether oxygens (including phenoxy) is 1. The molecule has 2 aromatic carbocycles. The summed E-state index contributed by atoms with van der Waals surface area (Å²) in [5.74, 6) is -10.2. The first kappa shape index (κ1) is 20.6. The molecule has 0 spiro atoms. The molecule has 0 saturated heterocycles. The van der Waals surface area contributed by atoms with Crippen LogP contribution in [0.4, 0.5) is 36.4 Å². The van der Waals surface area contributed by atoms with Crippen LogP contribution in [0.3, 0.4) is 0 Å². The van der Waals surface area contributed by atoms with E-state index in [1.165, 1.54) is 13.2 Å². The Hall–Kier alpha value is -2.69. The van der Waals surface area contributed by atoms with Crippen molar-refractivity contribution in [3.05, 3.63) is 51.6 Å². The minimum Gasteiger partial charge on any atom is -0.504 e. The minimum atomic E-state index is -5.65. The number of halogens is 8. The second-order valence-electron chi connectivity index (χ2n) is 4.92. The van der Waals surface area contributed by atoms with Gasteiger partial charge in [-0.05, 0) is 6.07 Å². The maximum absolute atomic E-state index is 13.7. The Morgan fingerprint density at radius 2 is 1.63 bits per heavy atom. The van der Waals surface area contributed by atoms with E-state index in [-0.39, 0.29) is 22.1 Å². The first-order valence-corrected chi connectivity index (χ1v) is 7.15. The standard InChI is InChI=1S/C15H8ClF7N2O2/c1-27-8-2-5(6(16)3-7(8)26)4-24-25-14-12(19)10(17)9(15(21,22)23)11(18)13(14)20/h2-4,25-26H,1H3. The van der Waals surface area contributed by atoms with Gasteiger partial charge in [-0.25, -0.2) is 17.6 Å². The van der Waals surface area contributed by atoms with E-state index in [9.17, 15) is 35.8 Å². The molecular formula is C15H8ClF7N2O2. The van der Waals surface area contributed by atoms with Crippen molar-refractivity contribution in [3.63, 3.8) is 0 Å². The molecule has 0 aromatic heterocycles. The summed E-state index contributed by atoms with van der Waals surface area (Å²) in [7, 11) is 1.22. The van der Waals surface area contributed by atoms with Crippen molar-refractivity contribution < 1.29 is 40.6 Å². The third-order valence-electron chi connectivity index (χ3n) is 3.23. The number of nitrogens with zero attached hydrogens (tertiary/aromatic N) is 1. The number of hydrazone groups is 1. The van der Waals surface area contributed by atoms with Crippen molar-refractivity contribution in [2.45, 2.75) is 6.18 Å². The highest BCUT2D eigenvalue weighted by Crippen LogP contribution is 2.38. The van der Waals surface area contributed by atoms with Gasteiger partial charge in [-0.2, -0.15) is 18.3 Å². The van der Waals surface area contributed by atoms with Crippen LogP contribution in [-0.2, 0) is 6.18 Å². The highest BCUT2D eigenvalue weighted by Gasteiger charge is 2.42. The number of hydrogen-bond acceptors (Lipinski definition) is 4. The van der Waals surface area contributed by atoms with Crippen molar-refractivity contribution in [1.82, 2.24) is 0 Å². The second kappa shape index (κ2) is 7.51. The number of methoxy groups -OCH3 is 1. The molecule has 0 atom stereocenters. The molecular weight excluding hydrogens is 409 g/mol. The lowest BCUT2D eigenvalue weighted by Crippen LogP contribution is -2.16. The predicted molar refractivity (Wildman–Crippen MR) is 82.2 cm³/mol.